The molecule has 0 bridgehead atoms. The zero-order valence-electron chi connectivity index (χ0n) is 11.6. The average Bonchev–Trinajstić information content (AvgIpc) is 2.68. The van der Waals surface area contributed by atoms with Crippen molar-refractivity contribution >= 4 is 21.4 Å². The third-order valence-electron chi connectivity index (χ3n) is 3.02. The van der Waals surface area contributed by atoms with E-state index in [4.69, 9.17) is 0 Å². The molecule has 1 unspecified atom stereocenters. The van der Waals surface area contributed by atoms with Gasteiger partial charge in [0.25, 0.3) is 5.91 Å². The Bertz CT molecular complexity index is 599. The second-order valence-corrected chi connectivity index (χ2v) is 7.56. The van der Waals surface area contributed by atoms with Crippen LogP contribution >= 0.6 is 0 Å². The molecule has 0 spiro atoms. The number of sulfone groups is 1. The number of hydrogen-bond donors (Lipinski definition) is 2. The fourth-order valence-electron chi connectivity index (χ4n) is 2.13. The van der Waals surface area contributed by atoms with Crippen molar-refractivity contribution in [1.82, 2.24) is 10.3 Å². The summed E-state index contributed by atoms with van der Waals surface area (Å²) in [7, 11) is -2.92. The maximum atomic E-state index is 11.9. The molecule has 7 heteroatoms. The lowest BCUT2D eigenvalue weighted by Gasteiger charge is -2.13. The van der Waals surface area contributed by atoms with Gasteiger partial charge in [-0.3, -0.25) is 9.78 Å². The van der Waals surface area contributed by atoms with Gasteiger partial charge < -0.3 is 10.6 Å². The Morgan fingerprint density at radius 1 is 1.40 bits per heavy atom. The topological polar surface area (TPSA) is 88.2 Å². The van der Waals surface area contributed by atoms with Crippen LogP contribution in [-0.2, 0) is 9.84 Å². The van der Waals surface area contributed by atoms with Gasteiger partial charge in [0.15, 0.2) is 9.84 Å². The summed E-state index contributed by atoms with van der Waals surface area (Å²) in [5.41, 5.74) is 1.13. The highest BCUT2D eigenvalue weighted by atomic mass is 32.2. The van der Waals surface area contributed by atoms with Crippen LogP contribution in [0.5, 0.6) is 0 Å². The summed E-state index contributed by atoms with van der Waals surface area (Å²) in [6, 6.07) is 1.64. The molecule has 0 aromatic carbocycles. The first-order valence-corrected chi connectivity index (χ1v) is 8.41. The number of anilines is 1. The molecule has 0 radical (unpaired) electrons. The number of rotatable bonds is 4. The van der Waals surface area contributed by atoms with Gasteiger partial charge in [0.1, 0.15) is 0 Å². The number of nitrogens with one attached hydrogen (secondary N) is 2. The van der Waals surface area contributed by atoms with E-state index in [0.717, 1.165) is 0 Å². The summed E-state index contributed by atoms with van der Waals surface area (Å²) in [6.07, 6.45) is 3.68. The van der Waals surface area contributed by atoms with Crippen molar-refractivity contribution < 1.29 is 13.2 Å². The maximum absolute atomic E-state index is 11.9. The monoisotopic (exact) mass is 297 g/mol. The Morgan fingerprint density at radius 3 is 2.75 bits per heavy atom. The summed E-state index contributed by atoms with van der Waals surface area (Å²) >= 11 is 0. The van der Waals surface area contributed by atoms with Gasteiger partial charge in [-0.25, -0.2) is 8.42 Å². The smallest absolute Gasteiger partial charge is 0.253 e. The van der Waals surface area contributed by atoms with Crippen molar-refractivity contribution in [1.29, 1.82) is 0 Å². The standard InChI is InChI=1S/C13H19N3O3S/c1-9(2)15-13(17)10-5-12(7-14-6-10)16-11-3-4-20(18,19)8-11/h5-7,9,11,16H,3-4,8H2,1-2H3,(H,15,17). The largest absolute Gasteiger partial charge is 0.380 e. The lowest BCUT2D eigenvalue weighted by Crippen LogP contribution is -2.30. The molecule has 2 rings (SSSR count). The molecule has 1 aromatic rings. The molecule has 1 aliphatic rings. The van der Waals surface area contributed by atoms with Gasteiger partial charge in [-0.2, -0.15) is 0 Å². The van der Waals surface area contributed by atoms with Crippen molar-refractivity contribution in [3.05, 3.63) is 24.0 Å². The molecule has 6 nitrogen and oxygen atoms in total. The van der Waals surface area contributed by atoms with Crippen LogP contribution in [0.3, 0.4) is 0 Å². The Balaban J connectivity index is 2.05. The minimum absolute atomic E-state index is 0.0547. The first-order valence-electron chi connectivity index (χ1n) is 6.58. The second kappa shape index (κ2) is 5.78. The molecular weight excluding hydrogens is 278 g/mol. The summed E-state index contributed by atoms with van der Waals surface area (Å²) in [5.74, 6) is 0.163. The third-order valence-corrected chi connectivity index (χ3v) is 4.79. The highest BCUT2D eigenvalue weighted by Gasteiger charge is 2.27. The molecule has 1 saturated heterocycles. The van der Waals surface area contributed by atoms with Crippen LogP contribution in [0, 0.1) is 0 Å². The summed E-state index contributed by atoms with van der Waals surface area (Å²) in [6.45, 7) is 3.77. The molecular formula is C13H19N3O3S. The highest BCUT2D eigenvalue weighted by molar-refractivity contribution is 7.91. The zero-order chi connectivity index (χ0) is 14.8. The molecule has 2 heterocycles. The van der Waals surface area contributed by atoms with Crippen LogP contribution in [0.15, 0.2) is 18.5 Å². The Morgan fingerprint density at radius 2 is 2.15 bits per heavy atom. The second-order valence-electron chi connectivity index (χ2n) is 5.33. The van der Waals surface area contributed by atoms with Crippen molar-refractivity contribution in [3.63, 3.8) is 0 Å². The lowest BCUT2D eigenvalue weighted by atomic mass is 10.2. The van der Waals surface area contributed by atoms with Gasteiger partial charge in [0.2, 0.25) is 0 Å². The van der Waals surface area contributed by atoms with E-state index in [1.165, 1.54) is 6.20 Å². The quantitative estimate of drug-likeness (QED) is 0.859. The molecule has 1 aliphatic heterocycles. The fourth-order valence-corrected chi connectivity index (χ4v) is 3.81. The van der Waals surface area contributed by atoms with Gasteiger partial charge in [-0.05, 0) is 26.3 Å². The number of nitrogens with zero attached hydrogens (tertiary/aromatic N) is 1. The fraction of sp³-hybridized carbons (Fsp3) is 0.538. The van der Waals surface area contributed by atoms with E-state index < -0.39 is 9.84 Å². The van der Waals surface area contributed by atoms with Crippen molar-refractivity contribution in [3.8, 4) is 0 Å². The SMILES string of the molecule is CC(C)NC(=O)c1cncc(NC2CCS(=O)(=O)C2)c1. The third kappa shape index (κ3) is 3.93. The zero-order valence-corrected chi connectivity index (χ0v) is 12.4. The van der Waals surface area contributed by atoms with E-state index in [1.54, 1.807) is 12.3 Å². The number of carbonyl (C=O) groups excluding carboxylic acids is 1. The summed E-state index contributed by atoms with van der Waals surface area (Å²) in [5, 5.41) is 5.91. The van der Waals surface area contributed by atoms with Crippen LogP contribution in [0.4, 0.5) is 5.69 Å². The Hall–Kier alpha value is -1.63. The molecule has 2 N–H and O–H groups in total. The van der Waals surface area contributed by atoms with Crippen LogP contribution in [0.25, 0.3) is 0 Å². The first-order chi connectivity index (χ1) is 9.35. The number of aromatic nitrogens is 1. The Labute approximate surface area is 118 Å². The normalized spacial score (nSPS) is 20.9. The molecule has 20 heavy (non-hydrogen) atoms. The van der Waals surface area contributed by atoms with Gasteiger partial charge in [0, 0.05) is 24.5 Å². The molecule has 1 atom stereocenters. The molecule has 1 fully saturated rings. The molecule has 0 saturated carbocycles. The minimum atomic E-state index is -2.92. The molecule has 1 amide bonds. The van der Waals surface area contributed by atoms with Gasteiger partial charge in [0.05, 0.1) is 22.8 Å². The maximum Gasteiger partial charge on any atom is 0.253 e. The predicted octanol–water partition coefficient (Wildman–Crippen LogP) is 0.819. The van der Waals surface area contributed by atoms with Crippen molar-refractivity contribution in [2.24, 2.45) is 0 Å². The number of amides is 1. The molecule has 0 aliphatic carbocycles. The van der Waals surface area contributed by atoms with Crippen molar-refractivity contribution in [2.45, 2.75) is 32.4 Å². The first kappa shape index (κ1) is 14.8. The highest BCUT2D eigenvalue weighted by Crippen LogP contribution is 2.17. The summed E-state index contributed by atoms with van der Waals surface area (Å²) in [4.78, 5) is 15.9. The number of carbonyl (C=O) groups is 1. The van der Waals surface area contributed by atoms with Crippen LogP contribution in [-0.4, -0.2) is 42.9 Å². The summed E-state index contributed by atoms with van der Waals surface area (Å²) < 4.78 is 22.8. The van der Waals surface area contributed by atoms with Gasteiger partial charge in [-0.15, -0.1) is 0 Å². The molecule has 110 valence electrons. The van der Waals surface area contributed by atoms with Crippen LogP contribution in [0.2, 0.25) is 0 Å². The van der Waals surface area contributed by atoms with E-state index >= 15 is 0 Å². The van der Waals surface area contributed by atoms with Crippen LogP contribution < -0.4 is 10.6 Å². The van der Waals surface area contributed by atoms with E-state index in [-0.39, 0.29) is 29.5 Å². The van der Waals surface area contributed by atoms with Crippen molar-refractivity contribution in [2.75, 3.05) is 16.8 Å². The lowest BCUT2D eigenvalue weighted by molar-refractivity contribution is 0.0943. The Kier molecular flexibility index (Phi) is 4.27. The average molecular weight is 297 g/mol. The number of hydrogen-bond acceptors (Lipinski definition) is 5. The van der Waals surface area contributed by atoms with Gasteiger partial charge >= 0.3 is 0 Å². The predicted molar refractivity (Wildman–Crippen MR) is 77.5 cm³/mol. The van der Waals surface area contributed by atoms with E-state index in [0.29, 0.717) is 17.7 Å². The number of pyridine rings is 1. The van der Waals surface area contributed by atoms with Crippen LogP contribution in [0.1, 0.15) is 30.6 Å². The van der Waals surface area contributed by atoms with E-state index in [2.05, 4.69) is 15.6 Å². The van der Waals surface area contributed by atoms with Gasteiger partial charge in [-0.1, -0.05) is 0 Å². The van der Waals surface area contributed by atoms with E-state index in [9.17, 15) is 13.2 Å². The molecule has 1 aromatic heterocycles. The minimum Gasteiger partial charge on any atom is -0.380 e. The van der Waals surface area contributed by atoms with E-state index in [1.807, 2.05) is 13.8 Å².